The summed E-state index contributed by atoms with van der Waals surface area (Å²) in [7, 11) is 0. The van der Waals surface area contributed by atoms with Gasteiger partial charge in [-0.2, -0.15) is 0 Å². The lowest BCUT2D eigenvalue weighted by Crippen LogP contribution is -2.41. The number of benzene rings is 2. The maximum absolute atomic E-state index is 14.7. The number of hydrogen-bond donors (Lipinski definition) is 1. The molecule has 0 radical (unpaired) electrons. The van der Waals surface area contributed by atoms with Gasteiger partial charge in [-0.05, 0) is 43.1 Å². The Bertz CT molecular complexity index is 975. The Morgan fingerprint density at radius 3 is 2.78 bits per heavy atom. The molecule has 4 rings (SSSR count). The number of carbonyl (C=O) groups is 1. The van der Waals surface area contributed by atoms with Crippen LogP contribution in [0.3, 0.4) is 0 Å². The van der Waals surface area contributed by atoms with Gasteiger partial charge in [-0.15, -0.1) is 0 Å². The molecule has 0 spiro atoms. The van der Waals surface area contributed by atoms with Crippen molar-refractivity contribution < 1.29 is 14.3 Å². The van der Waals surface area contributed by atoms with Crippen LogP contribution in [0.5, 0.6) is 0 Å². The van der Waals surface area contributed by atoms with Crippen LogP contribution in [-0.4, -0.2) is 34.0 Å². The van der Waals surface area contributed by atoms with E-state index in [0.717, 1.165) is 29.4 Å². The molecule has 2 heterocycles. The molecule has 0 amide bonds. The van der Waals surface area contributed by atoms with Crippen LogP contribution >= 0.6 is 0 Å². The van der Waals surface area contributed by atoms with Gasteiger partial charge < -0.3 is 5.11 Å². The first kappa shape index (κ1) is 17.6. The molecule has 2 aromatic carbocycles. The predicted molar refractivity (Wildman–Crippen MR) is 102 cm³/mol. The first-order chi connectivity index (χ1) is 13.1. The molecule has 27 heavy (non-hydrogen) atoms. The monoisotopic (exact) mass is 364 g/mol. The molecule has 0 aliphatic carbocycles. The van der Waals surface area contributed by atoms with E-state index >= 15 is 0 Å². The lowest BCUT2D eigenvalue weighted by Gasteiger charge is -2.37. The van der Waals surface area contributed by atoms with E-state index in [1.807, 2.05) is 36.4 Å². The normalized spacial score (nSPS) is 19.1. The van der Waals surface area contributed by atoms with Crippen molar-refractivity contribution in [1.82, 2.24) is 9.88 Å². The highest BCUT2D eigenvalue weighted by Crippen LogP contribution is 2.34. The standard InChI is InChI=1S/C22H21FN2O2/c23-19-9-3-2-8-18(19)21(25-11-5-7-16(14-25)22(26)27)17-12-15-6-1-4-10-20(15)24-13-17/h1-4,6,8-10,12-13,16,21H,5,7,11,14H2,(H,26,27). The minimum Gasteiger partial charge on any atom is -0.481 e. The Balaban J connectivity index is 1.80. The number of halogens is 1. The largest absolute Gasteiger partial charge is 0.481 e. The van der Waals surface area contributed by atoms with E-state index in [2.05, 4.69) is 9.88 Å². The fraction of sp³-hybridized carbons (Fsp3) is 0.273. The topological polar surface area (TPSA) is 53.4 Å². The maximum Gasteiger partial charge on any atom is 0.307 e. The van der Waals surface area contributed by atoms with Gasteiger partial charge in [0.05, 0.1) is 17.5 Å². The number of carboxylic acids is 1. The molecular weight excluding hydrogens is 343 g/mol. The lowest BCUT2D eigenvalue weighted by atomic mass is 9.91. The third-order valence-corrected chi connectivity index (χ3v) is 5.29. The molecule has 138 valence electrons. The number of nitrogens with zero attached hydrogens (tertiary/aromatic N) is 2. The molecule has 1 aliphatic heterocycles. The number of carboxylic acid groups (broad SMARTS) is 1. The van der Waals surface area contributed by atoms with Crippen molar-refractivity contribution in [1.29, 1.82) is 0 Å². The number of hydrogen-bond acceptors (Lipinski definition) is 3. The average Bonchev–Trinajstić information content (AvgIpc) is 2.70. The quantitative estimate of drug-likeness (QED) is 0.752. The lowest BCUT2D eigenvalue weighted by molar-refractivity contribution is -0.143. The van der Waals surface area contributed by atoms with Crippen LogP contribution in [0.15, 0.2) is 60.8 Å². The zero-order valence-electron chi connectivity index (χ0n) is 14.9. The second-order valence-electron chi connectivity index (χ2n) is 7.06. The molecule has 1 N–H and O–H groups in total. The summed E-state index contributed by atoms with van der Waals surface area (Å²) in [5, 5.41) is 10.5. The zero-order chi connectivity index (χ0) is 18.8. The van der Waals surface area contributed by atoms with Gasteiger partial charge in [-0.25, -0.2) is 4.39 Å². The van der Waals surface area contributed by atoms with E-state index < -0.39 is 11.9 Å². The summed E-state index contributed by atoms with van der Waals surface area (Å²) in [5.41, 5.74) is 2.32. The van der Waals surface area contributed by atoms with Gasteiger partial charge in [0.1, 0.15) is 5.82 Å². The van der Waals surface area contributed by atoms with Crippen LogP contribution in [0.1, 0.15) is 30.0 Å². The number of aromatic nitrogens is 1. The van der Waals surface area contributed by atoms with E-state index in [1.54, 1.807) is 18.3 Å². The summed E-state index contributed by atoms with van der Waals surface area (Å²) in [4.78, 5) is 18.1. The molecule has 3 aromatic rings. The van der Waals surface area contributed by atoms with Gasteiger partial charge in [0.2, 0.25) is 0 Å². The van der Waals surface area contributed by atoms with Gasteiger partial charge in [0, 0.05) is 23.7 Å². The van der Waals surface area contributed by atoms with Crippen LogP contribution in [0.2, 0.25) is 0 Å². The van der Waals surface area contributed by atoms with Crippen LogP contribution in [-0.2, 0) is 4.79 Å². The molecule has 4 nitrogen and oxygen atoms in total. The molecule has 1 aromatic heterocycles. The Morgan fingerprint density at radius 2 is 1.96 bits per heavy atom. The fourth-order valence-corrected chi connectivity index (χ4v) is 3.96. The van der Waals surface area contributed by atoms with E-state index in [0.29, 0.717) is 18.5 Å². The van der Waals surface area contributed by atoms with Crippen LogP contribution in [0, 0.1) is 11.7 Å². The highest BCUT2D eigenvalue weighted by Gasteiger charge is 2.32. The van der Waals surface area contributed by atoms with Crippen LogP contribution < -0.4 is 0 Å². The minimum atomic E-state index is -0.788. The molecular formula is C22H21FN2O2. The maximum atomic E-state index is 14.7. The second kappa shape index (κ2) is 7.45. The van der Waals surface area contributed by atoms with Crippen molar-refractivity contribution in [3.63, 3.8) is 0 Å². The Hall–Kier alpha value is -2.79. The average molecular weight is 364 g/mol. The third kappa shape index (κ3) is 3.55. The highest BCUT2D eigenvalue weighted by atomic mass is 19.1. The summed E-state index contributed by atoms with van der Waals surface area (Å²) in [5.74, 6) is -1.50. The van der Waals surface area contributed by atoms with E-state index in [9.17, 15) is 14.3 Å². The zero-order valence-corrected chi connectivity index (χ0v) is 14.9. The Kier molecular flexibility index (Phi) is 4.86. The van der Waals surface area contributed by atoms with E-state index in [1.165, 1.54) is 6.07 Å². The van der Waals surface area contributed by atoms with Crippen LogP contribution in [0.25, 0.3) is 10.9 Å². The Labute approximate surface area is 157 Å². The first-order valence-corrected chi connectivity index (χ1v) is 9.19. The minimum absolute atomic E-state index is 0.284. The number of rotatable bonds is 4. The number of aliphatic carboxylic acids is 1. The molecule has 0 saturated carbocycles. The molecule has 1 aliphatic rings. The molecule has 0 bridgehead atoms. The summed E-state index contributed by atoms with van der Waals surface area (Å²) in [6, 6.07) is 16.2. The molecule has 5 heteroatoms. The number of pyridine rings is 1. The summed E-state index contributed by atoms with van der Waals surface area (Å²) in [6.45, 7) is 1.14. The molecule has 2 atom stereocenters. The highest BCUT2D eigenvalue weighted by molar-refractivity contribution is 5.79. The fourth-order valence-electron chi connectivity index (χ4n) is 3.96. The number of piperidine rings is 1. The number of likely N-dealkylation sites (tertiary alicyclic amines) is 1. The van der Waals surface area contributed by atoms with E-state index in [-0.39, 0.29) is 11.9 Å². The van der Waals surface area contributed by atoms with Gasteiger partial charge in [-0.3, -0.25) is 14.7 Å². The summed E-state index contributed by atoms with van der Waals surface area (Å²) in [6.07, 6.45) is 3.22. The second-order valence-corrected chi connectivity index (χ2v) is 7.06. The van der Waals surface area contributed by atoms with Gasteiger partial charge >= 0.3 is 5.97 Å². The van der Waals surface area contributed by atoms with Crippen molar-refractivity contribution >= 4 is 16.9 Å². The molecule has 2 unspecified atom stereocenters. The van der Waals surface area contributed by atoms with Gasteiger partial charge in [0.25, 0.3) is 0 Å². The SMILES string of the molecule is O=C(O)C1CCCN(C(c2cnc3ccccc3c2)c2ccccc2F)C1. The Morgan fingerprint density at radius 1 is 1.19 bits per heavy atom. The predicted octanol–water partition coefficient (Wildman–Crippen LogP) is 4.26. The van der Waals surface area contributed by atoms with E-state index in [4.69, 9.17) is 0 Å². The van der Waals surface area contributed by atoms with Crippen molar-refractivity contribution in [2.75, 3.05) is 13.1 Å². The van der Waals surface area contributed by atoms with Crippen molar-refractivity contribution in [2.24, 2.45) is 5.92 Å². The van der Waals surface area contributed by atoms with Gasteiger partial charge in [-0.1, -0.05) is 36.4 Å². The smallest absolute Gasteiger partial charge is 0.307 e. The van der Waals surface area contributed by atoms with Gasteiger partial charge in [0.15, 0.2) is 0 Å². The molecule has 1 saturated heterocycles. The van der Waals surface area contributed by atoms with Crippen molar-refractivity contribution in [3.05, 3.63) is 77.7 Å². The molecule has 1 fully saturated rings. The van der Waals surface area contributed by atoms with Crippen LogP contribution in [0.4, 0.5) is 4.39 Å². The number of fused-ring (bicyclic) bond motifs is 1. The van der Waals surface area contributed by atoms with Crippen molar-refractivity contribution in [2.45, 2.75) is 18.9 Å². The first-order valence-electron chi connectivity index (χ1n) is 9.19. The summed E-state index contributed by atoms with van der Waals surface area (Å²) < 4.78 is 14.7. The van der Waals surface area contributed by atoms with Crippen molar-refractivity contribution in [3.8, 4) is 0 Å². The third-order valence-electron chi connectivity index (χ3n) is 5.29. The number of para-hydroxylation sites is 1. The summed E-state index contributed by atoms with van der Waals surface area (Å²) >= 11 is 0.